The summed E-state index contributed by atoms with van der Waals surface area (Å²) in [6.45, 7) is 9.44. The smallest absolute Gasteiger partial charge is 0.271 e. The molecule has 0 fully saturated rings. The summed E-state index contributed by atoms with van der Waals surface area (Å²) < 4.78 is 32.3. The molecule has 0 aliphatic rings. The van der Waals surface area contributed by atoms with Crippen LogP contribution >= 0.6 is 0 Å². The fraction of sp³-hybridized carbons (Fsp3) is 0.857. The highest BCUT2D eigenvalue weighted by Gasteiger charge is 2.40. The van der Waals surface area contributed by atoms with Crippen molar-refractivity contribution in [3.8, 4) is 0 Å². The van der Waals surface area contributed by atoms with Crippen molar-refractivity contribution < 1.29 is 13.5 Å². The van der Waals surface area contributed by atoms with E-state index in [0.717, 1.165) is 12.5 Å². The van der Waals surface area contributed by atoms with E-state index in [1.165, 1.54) is 0 Å². The van der Waals surface area contributed by atoms with Crippen LogP contribution in [0.4, 0.5) is 8.78 Å². The molecule has 0 aliphatic carbocycles. The SMILES string of the molecule is COCC(C)(C)CC/C=C/C(F)(F)C(C)(C)C. The Morgan fingerprint density at radius 1 is 1.06 bits per heavy atom. The molecule has 102 valence electrons. The molecule has 0 amide bonds. The van der Waals surface area contributed by atoms with Gasteiger partial charge < -0.3 is 4.74 Å². The van der Waals surface area contributed by atoms with Crippen molar-refractivity contribution in [3.05, 3.63) is 12.2 Å². The molecule has 0 heterocycles. The molecule has 17 heavy (non-hydrogen) atoms. The minimum absolute atomic E-state index is 0.0378. The Kier molecular flexibility index (Phi) is 5.79. The van der Waals surface area contributed by atoms with Crippen molar-refractivity contribution in [1.29, 1.82) is 0 Å². The first-order valence-corrected chi connectivity index (χ1v) is 6.06. The molecular weight excluding hydrogens is 222 g/mol. The van der Waals surface area contributed by atoms with E-state index in [2.05, 4.69) is 13.8 Å². The predicted molar refractivity (Wildman–Crippen MR) is 68.4 cm³/mol. The van der Waals surface area contributed by atoms with Crippen LogP contribution in [0.3, 0.4) is 0 Å². The Morgan fingerprint density at radius 3 is 2.00 bits per heavy atom. The van der Waals surface area contributed by atoms with Crippen molar-refractivity contribution in [2.45, 2.75) is 53.4 Å². The molecule has 0 aromatic heterocycles. The minimum atomic E-state index is -2.75. The summed E-state index contributed by atoms with van der Waals surface area (Å²) in [5, 5.41) is 0. The fourth-order valence-corrected chi connectivity index (χ4v) is 1.42. The van der Waals surface area contributed by atoms with Crippen molar-refractivity contribution >= 4 is 0 Å². The normalized spacial score (nSPS) is 14.6. The van der Waals surface area contributed by atoms with Crippen molar-refractivity contribution in [3.63, 3.8) is 0 Å². The zero-order valence-electron chi connectivity index (χ0n) is 11.9. The highest BCUT2D eigenvalue weighted by molar-refractivity contribution is 5.01. The number of halogens is 2. The number of methoxy groups -OCH3 is 1. The molecule has 0 rings (SSSR count). The highest BCUT2D eigenvalue weighted by Crippen LogP contribution is 2.37. The molecular formula is C14H26F2O. The van der Waals surface area contributed by atoms with E-state index < -0.39 is 11.3 Å². The third-order valence-electron chi connectivity index (χ3n) is 2.85. The third-order valence-corrected chi connectivity index (χ3v) is 2.85. The molecule has 0 N–H and O–H groups in total. The average Bonchev–Trinajstić information content (AvgIpc) is 2.10. The van der Waals surface area contributed by atoms with Crippen LogP contribution < -0.4 is 0 Å². The maximum absolute atomic E-state index is 13.6. The van der Waals surface area contributed by atoms with Gasteiger partial charge >= 0.3 is 0 Å². The van der Waals surface area contributed by atoms with Crippen molar-refractivity contribution in [2.24, 2.45) is 10.8 Å². The van der Waals surface area contributed by atoms with E-state index in [1.54, 1.807) is 34.0 Å². The fourth-order valence-electron chi connectivity index (χ4n) is 1.42. The van der Waals surface area contributed by atoms with E-state index in [0.29, 0.717) is 13.0 Å². The molecule has 3 heteroatoms. The van der Waals surface area contributed by atoms with Gasteiger partial charge in [-0.1, -0.05) is 40.7 Å². The minimum Gasteiger partial charge on any atom is -0.384 e. The lowest BCUT2D eigenvalue weighted by molar-refractivity contribution is -0.0502. The maximum Gasteiger partial charge on any atom is 0.271 e. The molecule has 0 aromatic carbocycles. The van der Waals surface area contributed by atoms with Crippen LogP contribution in [0.5, 0.6) is 0 Å². The molecule has 0 aromatic rings. The second-order valence-electron chi connectivity index (χ2n) is 6.41. The summed E-state index contributed by atoms with van der Waals surface area (Å²) in [5.74, 6) is -2.75. The van der Waals surface area contributed by atoms with Gasteiger partial charge in [-0.3, -0.25) is 0 Å². The average molecular weight is 248 g/mol. The van der Waals surface area contributed by atoms with Gasteiger partial charge in [-0.2, -0.15) is 0 Å². The topological polar surface area (TPSA) is 9.23 Å². The van der Waals surface area contributed by atoms with Gasteiger partial charge in [0.1, 0.15) is 0 Å². The van der Waals surface area contributed by atoms with Gasteiger partial charge in [-0.05, 0) is 24.3 Å². The zero-order valence-corrected chi connectivity index (χ0v) is 11.9. The quantitative estimate of drug-likeness (QED) is 0.620. The van der Waals surface area contributed by atoms with Crippen LogP contribution in [0.15, 0.2) is 12.2 Å². The second-order valence-corrected chi connectivity index (χ2v) is 6.41. The number of ether oxygens (including phenoxy) is 1. The van der Waals surface area contributed by atoms with E-state index in [4.69, 9.17) is 4.74 Å². The van der Waals surface area contributed by atoms with Crippen LogP contribution in [0.1, 0.15) is 47.5 Å². The van der Waals surface area contributed by atoms with E-state index in [1.807, 2.05) is 0 Å². The van der Waals surface area contributed by atoms with Crippen LogP contribution in [-0.4, -0.2) is 19.6 Å². The molecule has 0 atom stereocenters. The number of alkyl halides is 2. The van der Waals surface area contributed by atoms with Crippen LogP contribution in [0, 0.1) is 10.8 Å². The Bertz CT molecular complexity index is 249. The van der Waals surface area contributed by atoms with Gasteiger partial charge in [0.25, 0.3) is 5.92 Å². The Morgan fingerprint density at radius 2 is 1.59 bits per heavy atom. The lowest BCUT2D eigenvalue weighted by Crippen LogP contribution is -2.31. The summed E-state index contributed by atoms with van der Waals surface area (Å²) in [6, 6.07) is 0. The third kappa shape index (κ3) is 6.16. The van der Waals surface area contributed by atoms with Crippen LogP contribution in [0.25, 0.3) is 0 Å². The van der Waals surface area contributed by atoms with Gasteiger partial charge in [0.15, 0.2) is 0 Å². The van der Waals surface area contributed by atoms with Crippen LogP contribution in [-0.2, 0) is 4.74 Å². The maximum atomic E-state index is 13.6. The lowest BCUT2D eigenvalue weighted by Gasteiger charge is -2.27. The first-order chi connectivity index (χ1) is 7.52. The summed E-state index contributed by atoms with van der Waals surface area (Å²) in [5.41, 5.74) is -0.984. The Balaban J connectivity index is 4.22. The summed E-state index contributed by atoms with van der Waals surface area (Å²) >= 11 is 0. The monoisotopic (exact) mass is 248 g/mol. The lowest BCUT2D eigenvalue weighted by atomic mass is 9.86. The standard InChI is InChI=1S/C14H26F2O/c1-12(2,3)14(15,16)10-8-7-9-13(4,5)11-17-6/h8,10H,7,9,11H2,1-6H3/b10-8+. The molecule has 0 radical (unpaired) electrons. The summed E-state index contributed by atoms with van der Waals surface area (Å²) in [7, 11) is 1.66. The summed E-state index contributed by atoms with van der Waals surface area (Å²) in [4.78, 5) is 0. The molecule has 0 saturated carbocycles. The molecule has 0 unspecified atom stereocenters. The second kappa shape index (κ2) is 5.94. The van der Waals surface area contributed by atoms with E-state index in [-0.39, 0.29) is 5.41 Å². The number of hydrogen-bond donors (Lipinski definition) is 0. The molecule has 0 bridgehead atoms. The molecule has 0 spiro atoms. The van der Waals surface area contributed by atoms with Crippen molar-refractivity contribution in [2.75, 3.05) is 13.7 Å². The van der Waals surface area contributed by atoms with Crippen molar-refractivity contribution in [1.82, 2.24) is 0 Å². The number of rotatable bonds is 6. The van der Waals surface area contributed by atoms with Gasteiger partial charge in [0, 0.05) is 12.5 Å². The first-order valence-electron chi connectivity index (χ1n) is 6.06. The largest absolute Gasteiger partial charge is 0.384 e. The van der Waals surface area contributed by atoms with E-state index >= 15 is 0 Å². The Labute approximate surface area is 104 Å². The molecule has 0 saturated heterocycles. The first kappa shape index (κ1) is 16.6. The zero-order chi connectivity index (χ0) is 13.7. The van der Waals surface area contributed by atoms with Gasteiger partial charge in [-0.15, -0.1) is 0 Å². The highest BCUT2D eigenvalue weighted by atomic mass is 19.3. The molecule has 1 nitrogen and oxygen atoms in total. The van der Waals surface area contributed by atoms with Gasteiger partial charge in [0.2, 0.25) is 0 Å². The number of hydrogen-bond acceptors (Lipinski definition) is 1. The van der Waals surface area contributed by atoms with E-state index in [9.17, 15) is 8.78 Å². The summed E-state index contributed by atoms with van der Waals surface area (Å²) in [6.07, 6.45) is 4.12. The predicted octanol–water partition coefficient (Wildman–Crippen LogP) is 4.68. The van der Waals surface area contributed by atoms with Crippen LogP contribution in [0.2, 0.25) is 0 Å². The number of allylic oxidation sites excluding steroid dienone is 2. The molecule has 0 aliphatic heterocycles. The van der Waals surface area contributed by atoms with Gasteiger partial charge in [-0.25, -0.2) is 8.78 Å². The Hall–Kier alpha value is -0.440. The van der Waals surface area contributed by atoms with Gasteiger partial charge in [0.05, 0.1) is 6.61 Å².